The zero-order valence-electron chi connectivity index (χ0n) is 19.6. The van der Waals surface area contributed by atoms with Crippen molar-refractivity contribution < 1.29 is 14.7 Å². The van der Waals surface area contributed by atoms with E-state index in [1.165, 1.54) is 6.92 Å². The molecule has 5 N–H and O–H groups in total. The van der Waals surface area contributed by atoms with Gasteiger partial charge in [-0.15, -0.1) is 0 Å². The van der Waals surface area contributed by atoms with Crippen LogP contribution in [0.5, 0.6) is 5.75 Å². The number of rotatable bonds is 10. The highest BCUT2D eigenvalue weighted by Crippen LogP contribution is 2.25. The second-order valence-electron chi connectivity index (χ2n) is 7.80. The van der Waals surface area contributed by atoms with E-state index >= 15 is 0 Å². The highest BCUT2D eigenvalue weighted by atomic mass is 16.3. The van der Waals surface area contributed by atoms with Gasteiger partial charge in [0.25, 0.3) is 5.91 Å². The molecule has 0 aliphatic carbocycles. The Morgan fingerprint density at radius 1 is 0.824 bits per heavy atom. The number of phenols is 1. The number of anilines is 2. The number of benzene rings is 2. The maximum Gasteiger partial charge on any atom is 0.255 e. The van der Waals surface area contributed by atoms with Crippen molar-refractivity contribution in [3.8, 4) is 17.1 Å². The van der Waals surface area contributed by atoms with Crippen molar-refractivity contribution in [1.82, 2.24) is 20.6 Å². The molecule has 0 atom stereocenters. The van der Waals surface area contributed by atoms with E-state index in [-0.39, 0.29) is 23.1 Å². The minimum absolute atomic E-state index is 0.0120. The molecule has 2 aromatic carbocycles. The third kappa shape index (κ3) is 6.44. The first-order chi connectivity index (χ1) is 16.4. The normalized spacial score (nSPS) is 10.4. The molecule has 0 fully saturated rings. The van der Waals surface area contributed by atoms with Crippen molar-refractivity contribution in [3.05, 3.63) is 65.2 Å². The summed E-state index contributed by atoms with van der Waals surface area (Å²) in [6.45, 7) is 6.88. The van der Waals surface area contributed by atoms with Gasteiger partial charge in [0.1, 0.15) is 17.4 Å². The summed E-state index contributed by atoms with van der Waals surface area (Å²) in [5.74, 6) is 1.42. The molecule has 0 saturated carbocycles. The molecule has 34 heavy (non-hydrogen) atoms. The summed E-state index contributed by atoms with van der Waals surface area (Å²) in [4.78, 5) is 32.9. The Bertz CT molecular complexity index is 1150. The smallest absolute Gasteiger partial charge is 0.255 e. The Labute approximate surface area is 199 Å². The zero-order chi connectivity index (χ0) is 24.5. The van der Waals surface area contributed by atoms with Crippen LogP contribution < -0.4 is 21.3 Å². The van der Waals surface area contributed by atoms with E-state index < -0.39 is 0 Å². The molecule has 0 bridgehead atoms. The maximum absolute atomic E-state index is 12.4. The second kappa shape index (κ2) is 11.6. The summed E-state index contributed by atoms with van der Waals surface area (Å²) in [5, 5.41) is 22.2. The first-order valence-electron chi connectivity index (χ1n) is 11.1. The molecule has 0 spiro atoms. The van der Waals surface area contributed by atoms with Crippen molar-refractivity contribution in [3.63, 3.8) is 0 Å². The number of amides is 2. The van der Waals surface area contributed by atoms with Gasteiger partial charge in [0.2, 0.25) is 5.91 Å². The van der Waals surface area contributed by atoms with Gasteiger partial charge < -0.3 is 26.4 Å². The fourth-order valence-corrected chi connectivity index (χ4v) is 3.29. The summed E-state index contributed by atoms with van der Waals surface area (Å²) in [7, 11) is 0. The standard InChI is InChI=1S/C25H30N6O3/c1-16-8-7-11-20(21(16)33)25(34)29-15-14-28-23-17(2)22(27-13-12-26-18(3)32)30-24(31-23)19-9-5-4-6-10-19/h4-11,33H,12-15H2,1-3H3,(H,26,32)(H,29,34)(H2,27,28,30,31). The second-order valence-corrected chi connectivity index (χ2v) is 7.80. The number of nitrogens with zero attached hydrogens (tertiary/aromatic N) is 2. The Morgan fingerprint density at radius 2 is 1.44 bits per heavy atom. The first kappa shape index (κ1) is 24.5. The van der Waals surface area contributed by atoms with Crippen LogP contribution in [-0.4, -0.2) is 53.1 Å². The SMILES string of the molecule is CC(=O)NCCNc1nc(-c2ccccc2)nc(NCCNC(=O)c2cccc(C)c2O)c1C. The molecule has 178 valence electrons. The molecule has 2 amide bonds. The first-order valence-corrected chi connectivity index (χ1v) is 11.1. The van der Waals surface area contributed by atoms with E-state index in [2.05, 4.69) is 31.2 Å². The van der Waals surface area contributed by atoms with Crippen LogP contribution in [0.4, 0.5) is 11.6 Å². The minimum atomic E-state index is -0.340. The fourth-order valence-electron chi connectivity index (χ4n) is 3.29. The van der Waals surface area contributed by atoms with Crippen LogP contribution in [0.25, 0.3) is 11.4 Å². The number of nitrogens with one attached hydrogen (secondary N) is 4. The molecule has 1 aromatic heterocycles. The number of phenolic OH excluding ortho intramolecular Hbond substituents is 1. The van der Waals surface area contributed by atoms with Gasteiger partial charge >= 0.3 is 0 Å². The molecule has 0 aliphatic rings. The summed E-state index contributed by atoms with van der Waals surface area (Å²) in [5.41, 5.74) is 2.59. The Hall–Kier alpha value is -4.14. The number of aryl methyl sites for hydroxylation is 1. The van der Waals surface area contributed by atoms with Gasteiger partial charge in [0.15, 0.2) is 5.82 Å². The largest absolute Gasteiger partial charge is 0.507 e. The molecular formula is C25H30N6O3. The van der Waals surface area contributed by atoms with Crippen molar-refractivity contribution in [2.75, 3.05) is 36.8 Å². The van der Waals surface area contributed by atoms with E-state index in [1.807, 2.05) is 37.3 Å². The molecule has 9 heteroatoms. The predicted octanol–water partition coefficient (Wildman–Crippen LogP) is 2.86. The van der Waals surface area contributed by atoms with Gasteiger partial charge in [-0.25, -0.2) is 9.97 Å². The zero-order valence-corrected chi connectivity index (χ0v) is 19.6. The molecular weight excluding hydrogens is 432 g/mol. The van der Waals surface area contributed by atoms with Crippen molar-refractivity contribution in [1.29, 1.82) is 0 Å². The van der Waals surface area contributed by atoms with Crippen molar-refractivity contribution >= 4 is 23.5 Å². The number of aromatic hydroxyl groups is 1. The lowest BCUT2D eigenvalue weighted by atomic mass is 10.1. The predicted molar refractivity (Wildman–Crippen MR) is 133 cm³/mol. The number of aromatic nitrogens is 2. The number of hydrogen-bond acceptors (Lipinski definition) is 7. The maximum atomic E-state index is 12.4. The average molecular weight is 463 g/mol. The Balaban J connectivity index is 1.69. The van der Waals surface area contributed by atoms with Crippen LogP contribution in [0, 0.1) is 13.8 Å². The Kier molecular flexibility index (Phi) is 8.39. The van der Waals surface area contributed by atoms with Crippen LogP contribution in [0.15, 0.2) is 48.5 Å². The van der Waals surface area contributed by atoms with E-state index in [0.717, 1.165) is 11.1 Å². The molecule has 0 radical (unpaired) electrons. The third-order valence-electron chi connectivity index (χ3n) is 5.15. The van der Waals surface area contributed by atoms with Gasteiger partial charge in [-0.2, -0.15) is 0 Å². The van der Waals surface area contributed by atoms with E-state index in [1.54, 1.807) is 25.1 Å². The molecule has 9 nitrogen and oxygen atoms in total. The van der Waals surface area contributed by atoms with Crippen LogP contribution in [0.1, 0.15) is 28.4 Å². The van der Waals surface area contributed by atoms with Gasteiger partial charge in [0, 0.05) is 44.2 Å². The molecule has 0 unspecified atom stereocenters. The van der Waals surface area contributed by atoms with Gasteiger partial charge in [-0.05, 0) is 25.5 Å². The van der Waals surface area contributed by atoms with E-state index in [9.17, 15) is 14.7 Å². The van der Waals surface area contributed by atoms with Crippen molar-refractivity contribution in [2.24, 2.45) is 0 Å². The lowest BCUT2D eigenvalue weighted by molar-refractivity contribution is -0.118. The third-order valence-corrected chi connectivity index (χ3v) is 5.15. The molecule has 3 rings (SSSR count). The summed E-state index contributed by atoms with van der Waals surface area (Å²) >= 11 is 0. The van der Waals surface area contributed by atoms with Gasteiger partial charge in [0.05, 0.1) is 5.56 Å². The van der Waals surface area contributed by atoms with Crippen LogP contribution in [0.2, 0.25) is 0 Å². The van der Waals surface area contributed by atoms with Gasteiger partial charge in [-0.1, -0.05) is 42.5 Å². The number of carbonyl (C=O) groups is 2. The quantitative estimate of drug-likeness (QED) is 0.293. The monoisotopic (exact) mass is 462 g/mol. The molecule has 3 aromatic rings. The summed E-state index contributed by atoms with van der Waals surface area (Å²) in [6, 6.07) is 14.7. The Morgan fingerprint density at radius 3 is 2.06 bits per heavy atom. The molecule has 0 saturated heterocycles. The average Bonchev–Trinajstić information content (AvgIpc) is 2.83. The number of para-hydroxylation sites is 1. The van der Waals surface area contributed by atoms with Crippen LogP contribution in [-0.2, 0) is 4.79 Å². The number of carbonyl (C=O) groups excluding carboxylic acids is 2. The van der Waals surface area contributed by atoms with Gasteiger partial charge in [-0.3, -0.25) is 9.59 Å². The number of hydrogen-bond donors (Lipinski definition) is 5. The highest BCUT2D eigenvalue weighted by molar-refractivity contribution is 5.97. The van der Waals surface area contributed by atoms with Crippen molar-refractivity contribution in [2.45, 2.75) is 20.8 Å². The van der Waals surface area contributed by atoms with Crippen LogP contribution in [0.3, 0.4) is 0 Å². The fraction of sp³-hybridized carbons (Fsp3) is 0.280. The topological polar surface area (TPSA) is 128 Å². The van der Waals surface area contributed by atoms with Crippen LogP contribution >= 0.6 is 0 Å². The minimum Gasteiger partial charge on any atom is -0.507 e. The summed E-state index contributed by atoms with van der Waals surface area (Å²) in [6.07, 6.45) is 0. The van der Waals surface area contributed by atoms with E-state index in [4.69, 9.17) is 0 Å². The van der Waals surface area contributed by atoms with E-state index in [0.29, 0.717) is 49.2 Å². The molecule has 1 heterocycles. The lowest BCUT2D eigenvalue weighted by Gasteiger charge is -2.16. The summed E-state index contributed by atoms with van der Waals surface area (Å²) < 4.78 is 0. The molecule has 0 aliphatic heterocycles. The highest BCUT2D eigenvalue weighted by Gasteiger charge is 2.14. The lowest BCUT2D eigenvalue weighted by Crippen LogP contribution is -2.29.